The summed E-state index contributed by atoms with van der Waals surface area (Å²) in [5, 5.41) is 2.79. The van der Waals surface area contributed by atoms with Gasteiger partial charge in [-0.15, -0.1) is 0 Å². The maximum Gasteiger partial charge on any atom is 0.354 e. The zero-order chi connectivity index (χ0) is 22.1. The molecule has 1 aromatic rings. The Morgan fingerprint density at radius 3 is 2.57 bits per heavy atom. The molecule has 0 bridgehead atoms. The smallest absolute Gasteiger partial charge is 0.354 e. The summed E-state index contributed by atoms with van der Waals surface area (Å²) >= 11 is 0. The second kappa shape index (κ2) is 8.45. The van der Waals surface area contributed by atoms with E-state index in [1.807, 2.05) is 13.8 Å². The first-order valence-electron chi connectivity index (χ1n) is 10.5. The number of rotatable bonds is 7. The van der Waals surface area contributed by atoms with Crippen LogP contribution < -0.4 is 10.2 Å². The molecule has 0 saturated carbocycles. The number of para-hydroxylation sites is 1. The van der Waals surface area contributed by atoms with E-state index in [9.17, 15) is 19.2 Å². The number of fused-ring (bicyclic) bond motifs is 3. The molecule has 2 aliphatic heterocycles. The Morgan fingerprint density at radius 1 is 1.20 bits per heavy atom. The van der Waals surface area contributed by atoms with Gasteiger partial charge in [-0.3, -0.25) is 19.3 Å². The van der Waals surface area contributed by atoms with E-state index in [2.05, 4.69) is 5.32 Å². The third kappa shape index (κ3) is 3.55. The van der Waals surface area contributed by atoms with Crippen LogP contribution >= 0.6 is 0 Å². The Balaban J connectivity index is 1.92. The third-order valence-corrected chi connectivity index (χ3v) is 5.61. The first-order chi connectivity index (χ1) is 14.2. The van der Waals surface area contributed by atoms with E-state index in [0.29, 0.717) is 11.3 Å². The maximum absolute atomic E-state index is 13.3. The molecule has 0 aliphatic carbocycles. The molecule has 2 heterocycles. The standard InChI is InChI=1S/C22H29N3O5/c1-5-8-15(4)23-18(26)13-30-21(29)22-12-11-19(27)25(22)17-10-7-6-9-16(17)20(28)24(22)14(2)3/h6-7,9-10,14-15H,5,8,11-13H2,1-4H3,(H,23,26)/t15-,22+/m1/s1. The van der Waals surface area contributed by atoms with E-state index in [0.717, 1.165) is 12.8 Å². The summed E-state index contributed by atoms with van der Waals surface area (Å²) in [5.41, 5.74) is -0.803. The average Bonchev–Trinajstić information content (AvgIpc) is 3.04. The molecule has 1 saturated heterocycles. The molecule has 1 N–H and O–H groups in total. The van der Waals surface area contributed by atoms with Crippen molar-refractivity contribution in [3.8, 4) is 0 Å². The predicted molar refractivity (Wildman–Crippen MR) is 111 cm³/mol. The molecule has 2 aliphatic rings. The number of ether oxygens (including phenoxy) is 1. The highest BCUT2D eigenvalue weighted by Crippen LogP contribution is 2.45. The maximum atomic E-state index is 13.3. The minimum atomic E-state index is -1.58. The van der Waals surface area contributed by atoms with Crippen LogP contribution in [0.3, 0.4) is 0 Å². The normalized spacial score (nSPS) is 21.4. The number of hydrogen-bond donors (Lipinski definition) is 1. The first-order valence-corrected chi connectivity index (χ1v) is 10.5. The van der Waals surface area contributed by atoms with Crippen LogP contribution in [0, 0.1) is 0 Å². The number of nitrogens with one attached hydrogen (secondary N) is 1. The number of benzene rings is 1. The highest BCUT2D eigenvalue weighted by Gasteiger charge is 2.62. The minimum absolute atomic E-state index is 0.0285. The second-order valence-electron chi connectivity index (χ2n) is 8.17. The van der Waals surface area contributed by atoms with Gasteiger partial charge in [-0.2, -0.15) is 0 Å². The second-order valence-corrected chi connectivity index (χ2v) is 8.17. The summed E-state index contributed by atoms with van der Waals surface area (Å²) in [6.45, 7) is 7.03. The molecule has 3 amide bonds. The highest BCUT2D eigenvalue weighted by molar-refractivity contribution is 6.15. The average molecular weight is 415 g/mol. The predicted octanol–water partition coefficient (Wildman–Crippen LogP) is 2.22. The van der Waals surface area contributed by atoms with Crippen molar-refractivity contribution >= 4 is 29.4 Å². The molecule has 1 fully saturated rings. The Bertz CT molecular complexity index is 868. The summed E-state index contributed by atoms with van der Waals surface area (Å²) in [7, 11) is 0. The van der Waals surface area contributed by atoms with Gasteiger partial charge in [-0.25, -0.2) is 4.79 Å². The largest absolute Gasteiger partial charge is 0.452 e. The van der Waals surface area contributed by atoms with Gasteiger partial charge in [0, 0.05) is 24.9 Å². The van der Waals surface area contributed by atoms with E-state index in [4.69, 9.17) is 4.74 Å². The summed E-state index contributed by atoms with van der Waals surface area (Å²) < 4.78 is 5.38. The van der Waals surface area contributed by atoms with Gasteiger partial charge in [0.1, 0.15) is 0 Å². The number of nitrogens with zero attached hydrogens (tertiary/aromatic N) is 2. The van der Waals surface area contributed by atoms with Crippen molar-refractivity contribution in [1.29, 1.82) is 0 Å². The minimum Gasteiger partial charge on any atom is -0.452 e. The topological polar surface area (TPSA) is 96.0 Å². The quantitative estimate of drug-likeness (QED) is 0.689. The Morgan fingerprint density at radius 2 is 1.90 bits per heavy atom. The van der Waals surface area contributed by atoms with Crippen LogP contribution in [0.25, 0.3) is 0 Å². The fraction of sp³-hybridized carbons (Fsp3) is 0.545. The fourth-order valence-electron chi connectivity index (χ4n) is 4.44. The van der Waals surface area contributed by atoms with Crippen molar-refractivity contribution in [2.75, 3.05) is 11.5 Å². The third-order valence-electron chi connectivity index (χ3n) is 5.61. The van der Waals surface area contributed by atoms with Crippen LogP contribution in [-0.2, 0) is 19.1 Å². The zero-order valence-electron chi connectivity index (χ0n) is 17.9. The molecule has 2 atom stereocenters. The monoisotopic (exact) mass is 415 g/mol. The summed E-state index contributed by atoms with van der Waals surface area (Å²) in [6.07, 6.45) is 1.97. The lowest BCUT2D eigenvalue weighted by Crippen LogP contribution is -2.70. The number of anilines is 1. The molecule has 3 rings (SSSR count). The van der Waals surface area contributed by atoms with Gasteiger partial charge < -0.3 is 15.0 Å². The van der Waals surface area contributed by atoms with Crippen molar-refractivity contribution < 1.29 is 23.9 Å². The highest BCUT2D eigenvalue weighted by atomic mass is 16.5. The van der Waals surface area contributed by atoms with Gasteiger partial charge in [0.15, 0.2) is 6.61 Å². The van der Waals surface area contributed by atoms with Crippen LogP contribution in [0.15, 0.2) is 24.3 Å². The Hall–Kier alpha value is -2.90. The molecule has 30 heavy (non-hydrogen) atoms. The summed E-state index contributed by atoms with van der Waals surface area (Å²) in [6, 6.07) is 6.38. The molecule has 162 valence electrons. The Kier molecular flexibility index (Phi) is 6.14. The van der Waals surface area contributed by atoms with Crippen LogP contribution in [0.4, 0.5) is 5.69 Å². The van der Waals surface area contributed by atoms with Gasteiger partial charge in [0.2, 0.25) is 11.6 Å². The van der Waals surface area contributed by atoms with Gasteiger partial charge >= 0.3 is 5.97 Å². The number of amides is 3. The first kappa shape index (κ1) is 21.8. The van der Waals surface area contributed by atoms with E-state index < -0.39 is 24.1 Å². The van der Waals surface area contributed by atoms with E-state index in [-0.39, 0.29) is 36.7 Å². The molecular formula is C22H29N3O5. The van der Waals surface area contributed by atoms with Crippen molar-refractivity contribution in [2.45, 2.75) is 71.1 Å². The van der Waals surface area contributed by atoms with Gasteiger partial charge in [-0.05, 0) is 39.3 Å². The van der Waals surface area contributed by atoms with Crippen molar-refractivity contribution in [3.05, 3.63) is 29.8 Å². The van der Waals surface area contributed by atoms with Gasteiger partial charge in [0.25, 0.3) is 11.8 Å². The van der Waals surface area contributed by atoms with Gasteiger partial charge in [0.05, 0.1) is 11.3 Å². The SMILES string of the molecule is CCC[C@@H](C)NC(=O)COC(=O)[C@]12CCC(=O)N1c1ccccc1C(=O)N2C(C)C. The molecule has 8 heteroatoms. The summed E-state index contributed by atoms with van der Waals surface area (Å²) in [5.74, 6) is -1.75. The molecule has 0 aromatic heterocycles. The van der Waals surface area contributed by atoms with Crippen molar-refractivity contribution in [3.63, 3.8) is 0 Å². The van der Waals surface area contributed by atoms with E-state index in [1.54, 1.807) is 38.1 Å². The van der Waals surface area contributed by atoms with Crippen molar-refractivity contribution in [2.24, 2.45) is 0 Å². The number of esters is 1. The van der Waals surface area contributed by atoms with E-state index >= 15 is 0 Å². The molecule has 0 spiro atoms. The molecule has 8 nitrogen and oxygen atoms in total. The van der Waals surface area contributed by atoms with E-state index in [1.165, 1.54) is 9.80 Å². The van der Waals surface area contributed by atoms with Crippen LogP contribution in [0.1, 0.15) is 63.7 Å². The zero-order valence-corrected chi connectivity index (χ0v) is 17.9. The van der Waals surface area contributed by atoms with Crippen molar-refractivity contribution in [1.82, 2.24) is 10.2 Å². The lowest BCUT2D eigenvalue weighted by molar-refractivity contribution is -0.161. The lowest BCUT2D eigenvalue weighted by atomic mass is 9.95. The number of hydrogen-bond acceptors (Lipinski definition) is 5. The lowest BCUT2D eigenvalue weighted by Gasteiger charge is -2.50. The van der Waals surface area contributed by atoms with Crippen LogP contribution in [-0.4, -0.2) is 52.9 Å². The Labute approximate surface area is 176 Å². The fourth-order valence-corrected chi connectivity index (χ4v) is 4.44. The van der Waals surface area contributed by atoms with Crippen LogP contribution in [0.5, 0.6) is 0 Å². The molecule has 0 radical (unpaired) electrons. The number of carbonyl (C=O) groups is 4. The molecular weight excluding hydrogens is 386 g/mol. The molecule has 1 aromatic carbocycles. The number of carbonyl (C=O) groups excluding carboxylic acids is 4. The molecule has 0 unspecified atom stereocenters. The van der Waals surface area contributed by atoms with Crippen LogP contribution in [0.2, 0.25) is 0 Å². The summed E-state index contributed by atoms with van der Waals surface area (Å²) in [4.78, 5) is 54.4. The van der Waals surface area contributed by atoms with Gasteiger partial charge in [-0.1, -0.05) is 25.5 Å².